The van der Waals surface area contributed by atoms with E-state index in [1.807, 2.05) is 37.3 Å². The Labute approximate surface area is 131 Å². The third kappa shape index (κ3) is 4.02. The van der Waals surface area contributed by atoms with Gasteiger partial charge in [-0.2, -0.15) is 4.31 Å². The van der Waals surface area contributed by atoms with Gasteiger partial charge >= 0.3 is 0 Å². The molecule has 2 aromatic carbocycles. The van der Waals surface area contributed by atoms with Crippen LogP contribution in [0.4, 0.5) is 0 Å². The molecule has 0 aliphatic heterocycles. The first-order chi connectivity index (χ1) is 10.5. The SMILES string of the molecule is Cc1ccc(S(=O)(=O)N(CC=O)CCc2ccccc2)cc1. The van der Waals surface area contributed by atoms with Gasteiger partial charge in [-0.25, -0.2) is 8.42 Å². The average molecular weight is 317 g/mol. The van der Waals surface area contributed by atoms with Crippen LogP contribution in [0.5, 0.6) is 0 Å². The van der Waals surface area contributed by atoms with Gasteiger partial charge < -0.3 is 4.79 Å². The summed E-state index contributed by atoms with van der Waals surface area (Å²) in [7, 11) is -3.65. The van der Waals surface area contributed by atoms with Crippen molar-refractivity contribution in [2.75, 3.05) is 13.1 Å². The van der Waals surface area contributed by atoms with Crippen molar-refractivity contribution >= 4 is 16.3 Å². The zero-order valence-electron chi connectivity index (χ0n) is 12.5. The molecular formula is C17H19NO3S. The number of sulfonamides is 1. The number of aldehydes is 1. The van der Waals surface area contributed by atoms with Gasteiger partial charge in [0.05, 0.1) is 11.4 Å². The summed E-state index contributed by atoms with van der Waals surface area (Å²) >= 11 is 0. The van der Waals surface area contributed by atoms with E-state index in [1.54, 1.807) is 24.3 Å². The Balaban J connectivity index is 2.18. The third-order valence-electron chi connectivity index (χ3n) is 3.43. The number of nitrogens with zero attached hydrogens (tertiary/aromatic N) is 1. The second-order valence-electron chi connectivity index (χ2n) is 5.08. The lowest BCUT2D eigenvalue weighted by atomic mass is 10.1. The van der Waals surface area contributed by atoms with Crippen molar-refractivity contribution in [2.24, 2.45) is 0 Å². The van der Waals surface area contributed by atoms with Crippen LogP contribution in [0, 0.1) is 6.92 Å². The molecule has 0 heterocycles. The van der Waals surface area contributed by atoms with E-state index in [2.05, 4.69) is 0 Å². The van der Waals surface area contributed by atoms with Crippen molar-refractivity contribution < 1.29 is 13.2 Å². The number of hydrogen-bond donors (Lipinski definition) is 0. The lowest BCUT2D eigenvalue weighted by Gasteiger charge is -2.20. The van der Waals surface area contributed by atoms with Crippen LogP contribution in [-0.4, -0.2) is 32.1 Å². The zero-order chi connectivity index (χ0) is 16.0. The fourth-order valence-corrected chi connectivity index (χ4v) is 3.52. The molecule has 0 radical (unpaired) electrons. The van der Waals surface area contributed by atoms with Crippen LogP contribution in [-0.2, 0) is 21.2 Å². The van der Waals surface area contributed by atoms with Gasteiger partial charge in [-0.15, -0.1) is 0 Å². The quantitative estimate of drug-likeness (QED) is 0.737. The molecule has 0 atom stereocenters. The predicted molar refractivity (Wildman–Crippen MR) is 86.1 cm³/mol. The van der Waals surface area contributed by atoms with E-state index >= 15 is 0 Å². The monoisotopic (exact) mass is 317 g/mol. The van der Waals surface area contributed by atoms with Crippen LogP contribution in [0.2, 0.25) is 0 Å². The number of carbonyl (C=O) groups is 1. The van der Waals surface area contributed by atoms with Gasteiger partial charge in [0.15, 0.2) is 0 Å². The molecule has 4 nitrogen and oxygen atoms in total. The van der Waals surface area contributed by atoms with Crippen LogP contribution in [0.1, 0.15) is 11.1 Å². The minimum Gasteiger partial charge on any atom is -0.302 e. The second kappa shape index (κ2) is 7.33. The molecule has 0 aliphatic rings. The van der Waals surface area contributed by atoms with E-state index in [0.29, 0.717) is 12.7 Å². The fourth-order valence-electron chi connectivity index (χ4n) is 2.15. The molecule has 2 aromatic rings. The van der Waals surface area contributed by atoms with Gasteiger partial charge in [0.2, 0.25) is 10.0 Å². The molecule has 22 heavy (non-hydrogen) atoms. The van der Waals surface area contributed by atoms with E-state index < -0.39 is 10.0 Å². The molecule has 0 aromatic heterocycles. The van der Waals surface area contributed by atoms with Crippen LogP contribution >= 0.6 is 0 Å². The Morgan fingerprint density at radius 1 is 1.00 bits per heavy atom. The maximum absolute atomic E-state index is 12.6. The Morgan fingerprint density at radius 2 is 1.64 bits per heavy atom. The second-order valence-corrected chi connectivity index (χ2v) is 7.02. The minimum atomic E-state index is -3.65. The first-order valence-corrected chi connectivity index (χ1v) is 8.52. The summed E-state index contributed by atoms with van der Waals surface area (Å²) in [5.74, 6) is 0. The van der Waals surface area contributed by atoms with Crippen LogP contribution in [0.3, 0.4) is 0 Å². The third-order valence-corrected chi connectivity index (χ3v) is 5.31. The van der Waals surface area contributed by atoms with Crippen molar-refractivity contribution in [3.8, 4) is 0 Å². The van der Waals surface area contributed by atoms with Crippen molar-refractivity contribution in [1.29, 1.82) is 0 Å². The molecular weight excluding hydrogens is 298 g/mol. The zero-order valence-corrected chi connectivity index (χ0v) is 13.3. The molecule has 2 rings (SSSR count). The highest BCUT2D eigenvalue weighted by molar-refractivity contribution is 7.89. The summed E-state index contributed by atoms with van der Waals surface area (Å²) in [6.07, 6.45) is 1.19. The van der Waals surface area contributed by atoms with E-state index in [-0.39, 0.29) is 18.0 Å². The minimum absolute atomic E-state index is 0.136. The normalized spacial score (nSPS) is 11.5. The van der Waals surface area contributed by atoms with E-state index in [9.17, 15) is 13.2 Å². The number of hydrogen-bond acceptors (Lipinski definition) is 3. The summed E-state index contributed by atoms with van der Waals surface area (Å²) in [6.45, 7) is 2.04. The molecule has 0 bridgehead atoms. The highest BCUT2D eigenvalue weighted by atomic mass is 32.2. The topological polar surface area (TPSA) is 54.5 Å². The maximum Gasteiger partial charge on any atom is 0.243 e. The molecule has 0 fully saturated rings. The molecule has 0 saturated heterocycles. The molecule has 116 valence electrons. The highest BCUT2D eigenvalue weighted by Gasteiger charge is 2.23. The van der Waals surface area contributed by atoms with Gasteiger partial charge in [0.1, 0.15) is 6.29 Å². The average Bonchev–Trinajstić information content (AvgIpc) is 2.52. The number of aryl methyl sites for hydroxylation is 1. The van der Waals surface area contributed by atoms with E-state index in [1.165, 1.54) is 4.31 Å². The van der Waals surface area contributed by atoms with Gasteiger partial charge in [0, 0.05) is 6.54 Å². The summed E-state index contributed by atoms with van der Waals surface area (Å²) in [5, 5.41) is 0. The maximum atomic E-state index is 12.6. The Morgan fingerprint density at radius 3 is 2.23 bits per heavy atom. The largest absolute Gasteiger partial charge is 0.302 e. The molecule has 0 unspecified atom stereocenters. The number of carbonyl (C=O) groups excluding carboxylic acids is 1. The Bertz CT molecular complexity index is 709. The number of benzene rings is 2. The van der Waals surface area contributed by atoms with Crippen molar-refractivity contribution in [3.63, 3.8) is 0 Å². The number of rotatable bonds is 7. The van der Waals surface area contributed by atoms with Gasteiger partial charge in [-0.05, 0) is 31.0 Å². The summed E-state index contributed by atoms with van der Waals surface area (Å²) in [4.78, 5) is 11.1. The van der Waals surface area contributed by atoms with Crippen molar-refractivity contribution in [1.82, 2.24) is 4.31 Å². The first-order valence-electron chi connectivity index (χ1n) is 7.08. The lowest BCUT2D eigenvalue weighted by Crippen LogP contribution is -2.34. The molecule has 0 spiro atoms. The highest BCUT2D eigenvalue weighted by Crippen LogP contribution is 2.16. The first kappa shape index (κ1) is 16.4. The smallest absolute Gasteiger partial charge is 0.243 e. The molecule has 0 amide bonds. The molecule has 0 aliphatic carbocycles. The van der Waals surface area contributed by atoms with Crippen LogP contribution in [0.25, 0.3) is 0 Å². The predicted octanol–water partition coefficient (Wildman–Crippen LogP) is 2.43. The standard InChI is InChI=1S/C17H19NO3S/c1-15-7-9-17(10-8-15)22(20,21)18(13-14-19)12-11-16-5-3-2-4-6-16/h2-10,14H,11-13H2,1H3. The summed E-state index contributed by atoms with van der Waals surface area (Å²) < 4.78 is 26.5. The van der Waals surface area contributed by atoms with E-state index in [4.69, 9.17) is 0 Å². The summed E-state index contributed by atoms with van der Waals surface area (Å²) in [6, 6.07) is 16.3. The van der Waals surface area contributed by atoms with Gasteiger partial charge in [-0.1, -0.05) is 48.0 Å². The Kier molecular flexibility index (Phi) is 5.46. The van der Waals surface area contributed by atoms with Crippen LogP contribution < -0.4 is 0 Å². The van der Waals surface area contributed by atoms with E-state index in [0.717, 1.165) is 11.1 Å². The fraction of sp³-hybridized carbons (Fsp3) is 0.235. The van der Waals surface area contributed by atoms with Crippen molar-refractivity contribution in [2.45, 2.75) is 18.2 Å². The van der Waals surface area contributed by atoms with Gasteiger partial charge in [0.25, 0.3) is 0 Å². The molecule has 5 heteroatoms. The summed E-state index contributed by atoms with van der Waals surface area (Å²) in [5.41, 5.74) is 2.03. The van der Waals surface area contributed by atoms with Crippen molar-refractivity contribution in [3.05, 3.63) is 65.7 Å². The Hall–Kier alpha value is -1.98. The lowest BCUT2D eigenvalue weighted by molar-refractivity contribution is -0.108. The van der Waals surface area contributed by atoms with Gasteiger partial charge in [-0.3, -0.25) is 0 Å². The van der Waals surface area contributed by atoms with Crippen LogP contribution in [0.15, 0.2) is 59.5 Å². The molecule has 0 saturated carbocycles. The molecule has 0 N–H and O–H groups in total.